The van der Waals surface area contributed by atoms with Gasteiger partial charge in [0.1, 0.15) is 11.5 Å². The van der Waals surface area contributed by atoms with Crippen LogP contribution in [0.4, 0.5) is 4.39 Å². The molecule has 3 rings (SSSR count). The van der Waals surface area contributed by atoms with E-state index >= 15 is 0 Å². The summed E-state index contributed by atoms with van der Waals surface area (Å²) in [7, 11) is 0. The molecule has 5 nitrogen and oxygen atoms in total. The van der Waals surface area contributed by atoms with Crippen LogP contribution in [0.5, 0.6) is 0 Å². The maximum absolute atomic E-state index is 13.0. The van der Waals surface area contributed by atoms with E-state index in [4.69, 9.17) is 0 Å². The second kappa shape index (κ2) is 7.78. The predicted molar refractivity (Wildman–Crippen MR) is 92.6 cm³/mol. The number of aliphatic hydroxyl groups excluding tert-OH is 1. The van der Waals surface area contributed by atoms with Gasteiger partial charge in [-0.15, -0.1) is 0 Å². The lowest BCUT2D eigenvalue weighted by Crippen LogP contribution is -2.40. The first-order chi connectivity index (χ1) is 12.1. The fraction of sp³-hybridized carbons (Fsp3) is 0.474. The lowest BCUT2D eigenvalue weighted by atomic mass is 9.87. The number of halogens is 1. The standard InChI is InChI=1S/C19H24FN3O2/c1-2-3-16-12-17(22-21-16)19(25)23-10-8-14(9-11-23)18(24)13-4-6-15(20)7-5-13/h4-7,12,14,18,24H,2-3,8-11H2,1H3,(H,21,22)/t18-/m1/s1. The van der Waals surface area contributed by atoms with E-state index < -0.39 is 6.10 Å². The van der Waals surface area contributed by atoms with Gasteiger partial charge in [-0.25, -0.2) is 4.39 Å². The summed E-state index contributed by atoms with van der Waals surface area (Å²) in [4.78, 5) is 14.3. The third-order valence-electron chi connectivity index (χ3n) is 4.85. The number of benzene rings is 1. The van der Waals surface area contributed by atoms with Crippen molar-refractivity contribution in [2.24, 2.45) is 5.92 Å². The van der Waals surface area contributed by atoms with E-state index in [1.807, 2.05) is 6.07 Å². The molecule has 2 heterocycles. The number of hydrogen-bond acceptors (Lipinski definition) is 3. The highest BCUT2D eigenvalue weighted by Crippen LogP contribution is 2.31. The second-order valence-electron chi connectivity index (χ2n) is 6.65. The molecule has 1 saturated heterocycles. The molecule has 2 aromatic rings. The summed E-state index contributed by atoms with van der Waals surface area (Å²) in [6.45, 7) is 3.27. The van der Waals surface area contributed by atoms with Gasteiger partial charge in [0, 0.05) is 18.8 Å². The number of aryl methyl sites for hydroxylation is 1. The zero-order valence-electron chi connectivity index (χ0n) is 14.4. The molecule has 0 unspecified atom stereocenters. The summed E-state index contributed by atoms with van der Waals surface area (Å²) in [6.07, 6.45) is 2.70. The fourth-order valence-electron chi connectivity index (χ4n) is 3.38. The van der Waals surface area contributed by atoms with Crippen LogP contribution in [0.3, 0.4) is 0 Å². The number of amides is 1. The van der Waals surface area contributed by atoms with Crippen LogP contribution in [0.15, 0.2) is 30.3 Å². The van der Waals surface area contributed by atoms with Gasteiger partial charge in [0.15, 0.2) is 0 Å². The topological polar surface area (TPSA) is 69.2 Å². The van der Waals surface area contributed by atoms with Crippen molar-refractivity contribution in [3.05, 3.63) is 53.1 Å². The molecule has 1 amide bonds. The lowest BCUT2D eigenvalue weighted by molar-refractivity contribution is 0.0458. The number of carbonyl (C=O) groups is 1. The highest BCUT2D eigenvalue weighted by atomic mass is 19.1. The Morgan fingerprint density at radius 1 is 1.36 bits per heavy atom. The summed E-state index contributed by atoms with van der Waals surface area (Å²) < 4.78 is 13.0. The number of nitrogens with zero attached hydrogens (tertiary/aromatic N) is 2. The molecule has 1 aliphatic heterocycles. The van der Waals surface area contributed by atoms with E-state index in [2.05, 4.69) is 17.1 Å². The molecule has 134 valence electrons. The molecule has 1 aliphatic rings. The number of piperidine rings is 1. The largest absolute Gasteiger partial charge is 0.388 e. The third-order valence-corrected chi connectivity index (χ3v) is 4.85. The van der Waals surface area contributed by atoms with Crippen molar-refractivity contribution >= 4 is 5.91 Å². The van der Waals surface area contributed by atoms with Crippen molar-refractivity contribution in [3.8, 4) is 0 Å². The predicted octanol–water partition coefficient (Wildman–Crippen LogP) is 3.09. The maximum atomic E-state index is 13.0. The van der Waals surface area contributed by atoms with Gasteiger partial charge in [-0.1, -0.05) is 25.5 Å². The normalized spacial score (nSPS) is 16.8. The van der Waals surface area contributed by atoms with E-state index in [0.717, 1.165) is 36.9 Å². The Hall–Kier alpha value is -2.21. The Bertz CT molecular complexity index is 706. The van der Waals surface area contributed by atoms with Gasteiger partial charge in [0.05, 0.1) is 6.10 Å². The molecule has 2 N–H and O–H groups in total. The van der Waals surface area contributed by atoms with E-state index in [-0.39, 0.29) is 17.6 Å². The molecule has 1 aromatic heterocycles. The highest BCUT2D eigenvalue weighted by molar-refractivity contribution is 5.92. The first-order valence-corrected chi connectivity index (χ1v) is 8.85. The van der Waals surface area contributed by atoms with Gasteiger partial charge in [-0.2, -0.15) is 5.10 Å². The molecule has 1 aromatic carbocycles. The van der Waals surface area contributed by atoms with Crippen molar-refractivity contribution in [3.63, 3.8) is 0 Å². The van der Waals surface area contributed by atoms with Crippen molar-refractivity contribution in [1.82, 2.24) is 15.1 Å². The van der Waals surface area contributed by atoms with Crippen LogP contribution >= 0.6 is 0 Å². The van der Waals surface area contributed by atoms with Gasteiger partial charge in [0.25, 0.3) is 5.91 Å². The zero-order chi connectivity index (χ0) is 17.8. The van der Waals surface area contributed by atoms with Gasteiger partial charge in [0.2, 0.25) is 0 Å². The van der Waals surface area contributed by atoms with Crippen LogP contribution in [-0.4, -0.2) is 39.2 Å². The van der Waals surface area contributed by atoms with Crippen LogP contribution in [-0.2, 0) is 6.42 Å². The number of H-pyrrole nitrogens is 1. The Morgan fingerprint density at radius 3 is 2.68 bits per heavy atom. The molecule has 25 heavy (non-hydrogen) atoms. The number of hydrogen-bond donors (Lipinski definition) is 2. The molecule has 6 heteroatoms. The maximum Gasteiger partial charge on any atom is 0.274 e. The summed E-state index contributed by atoms with van der Waals surface area (Å²) in [5.74, 6) is -0.296. The minimum Gasteiger partial charge on any atom is -0.388 e. The zero-order valence-corrected chi connectivity index (χ0v) is 14.4. The molecular formula is C19H24FN3O2. The van der Waals surface area contributed by atoms with Crippen molar-refractivity contribution in [2.75, 3.05) is 13.1 Å². The number of nitrogens with one attached hydrogen (secondary N) is 1. The first-order valence-electron chi connectivity index (χ1n) is 8.85. The van der Waals surface area contributed by atoms with Crippen LogP contribution in [0.25, 0.3) is 0 Å². The quantitative estimate of drug-likeness (QED) is 0.875. The number of likely N-dealkylation sites (tertiary alicyclic amines) is 1. The number of carbonyl (C=O) groups excluding carboxylic acids is 1. The Morgan fingerprint density at radius 2 is 2.04 bits per heavy atom. The van der Waals surface area contributed by atoms with Gasteiger partial charge in [-0.3, -0.25) is 9.89 Å². The smallest absolute Gasteiger partial charge is 0.274 e. The summed E-state index contributed by atoms with van der Waals surface area (Å²) in [5, 5.41) is 17.5. The molecular weight excluding hydrogens is 321 g/mol. The molecule has 0 saturated carbocycles. The van der Waals surface area contributed by atoms with Gasteiger partial charge in [-0.05, 0) is 48.9 Å². The van der Waals surface area contributed by atoms with Crippen LogP contribution in [0.1, 0.15) is 54.0 Å². The van der Waals surface area contributed by atoms with Crippen molar-refractivity contribution in [1.29, 1.82) is 0 Å². The summed E-state index contributed by atoms with van der Waals surface area (Å²) >= 11 is 0. The van der Waals surface area contributed by atoms with Crippen LogP contribution in [0.2, 0.25) is 0 Å². The van der Waals surface area contributed by atoms with Crippen molar-refractivity contribution in [2.45, 2.75) is 38.7 Å². The number of aliphatic hydroxyl groups is 1. The Balaban J connectivity index is 1.57. The molecule has 0 aliphatic carbocycles. The fourth-order valence-corrected chi connectivity index (χ4v) is 3.38. The summed E-state index contributed by atoms with van der Waals surface area (Å²) in [5.41, 5.74) is 2.16. The van der Waals surface area contributed by atoms with Crippen LogP contribution < -0.4 is 0 Å². The van der Waals surface area contributed by atoms with E-state index in [1.165, 1.54) is 12.1 Å². The minimum atomic E-state index is -0.626. The molecule has 0 radical (unpaired) electrons. The van der Waals surface area contributed by atoms with Gasteiger partial charge >= 0.3 is 0 Å². The average Bonchev–Trinajstić information content (AvgIpc) is 3.10. The third kappa shape index (κ3) is 4.07. The Kier molecular flexibility index (Phi) is 5.48. The lowest BCUT2D eigenvalue weighted by Gasteiger charge is -2.34. The highest BCUT2D eigenvalue weighted by Gasteiger charge is 2.29. The second-order valence-corrected chi connectivity index (χ2v) is 6.65. The molecule has 1 atom stereocenters. The van der Waals surface area contributed by atoms with E-state index in [0.29, 0.717) is 18.8 Å². The monoisotopic (exact) mass is 345 g/mol. The number of aromatic amines is 1. The minimum absolute atomic E-state index is 0.0617. The Labute approximate surface area is 146 Å². The SMILES string of the molecule is CCCc1cc(C(=O)N2CCC([C@H](O)c3ccc(F)cc3)CC2)n[nH]1. The average molecular weight is 345 g/mol. The van der Waals surface area contributed by atoms with E-state index in [1.54, 1.807) is 17.0 Å². The molecule has 0 spiro atoms. The number of aromatic nitrogens is 2. The van der Waals surface area contributed by atoms with Gasteiger partial charge < -0.3 is 10.0 Å². The molecule has 0 bridgehead atoms. The summed E-state index contributed by atoms with van der Waals surface area (Å²) in [6, 6.07) is 7.80. The van der Waals surface area contributed by atoms with Crippen molar-refractivity contribution < 1.29 is 14.3 Å². The number of rotatable bonds is 5. The van der Waals surface area contributed by atoms with E-state index in [9.17, 15) is 14.3 Å². The van der Waals surface area contributed by atoms with Crippen LogP contribution in [0, 0.1) is 11.7 Å². The molecule has 1 fully saturated rings. The first kappa shape index (κ1) is 17.6.